The van der Waals surface area contributed by atoms with Crippen molar-refractivity contribution < 1.29 is 19.2 Å². The first-order valence-corrected chi connectivity index (χ1v) is 11.0. The average molecular weight is 479 g/mol. The number of nitrogens with two attached hydrogens (primary N) is 2. The molecule has 35 heavy (non-hydrogen) atoms. The van der Waals surface area contributed by atoms with Gasteiger partial charge < -0.3 is 31.4 Å². The zero-order chi connectivity index (χ0) is 24.9. The van der Waals surface area contributed by atoms with E-state index in [1.54, 1.807) is 12.1 Å². The molecular formula is C23H25N7O5. The van der Waals surface area contributed by atoms with Crippen LogP contribution in [0.2, 0.25) is 0 Å². The molecule has 4 aromatic rings. The van der Waals surface area contributed by atoms with E-state index >= 15 is 0 Å². The van der Waals surface area contributed by atoms with Gasteiger partial charge in [0.2, 0.25) is 5.95 Å². The molecule has 12 heteroatoms. The molecule has 1 amide bonds. The first-order valence-electron chi connectivity index (χ1n) is 11.0. The van der Waals surface area contributed by atoms with E-state index in [1.165, 1.54) is 6.07 Å². The summed E-state index contributed by atoms with van der Waals surface area (Å²) in [6.07, 6.45) is 4.55. The van der Waals surface area contributed by atoms with E-state index in [-0.39, 0.29) is 18.8 Å². The summed E-state index contributed by atoms with van der Waals surface area (Å²) in [6, 6.07) is 7.15. The Bertz CT molecular complexity index is 1400. The molecule has 0 spiro atoms. The molecule has 1 atom stereocenters. The number of carbonyl (C=O) groups is 2. The van der Waals surface area contributed by atoms with Crippen molar-refractivity contribution in [2.75, 3.05) is 11.5 Å². The van der Waals surface area contributed by atoms with E-state index in [0.717, 1.165) is 35.8 Å². The number of anilines is 2. The van der Waals surface area contributed by atoms with Crippen LogP contribution in [-0.4, -0.2) is 43.1 Å². The minimum absolute atomic E-state index is 0.102. The predicted molar refractivity (Wildman–Crippen MR) is 128 cm³/mol. The summed E-state index contributed by atoms with van der Waals surface area (Å²) in [7, 11) is 0. The Morgan fingerprint density at radius 2 is 1.89 bits per heavy atom. The number of benzene rings is 1. The van der Waals surface area contributed by atoms with Crippen molar-refractivity contribution in [2.45, 2.75) is 38.1 Å². The van der Waals surface area contributed by atoms with Gasteiger partial charge in [-0.25, -0.2) is 14.7 Å². The largest absolute Gasteiger partial charge is 0.480 e. The molecule has 3 aromatic heterocycles. The number of aromatic nitrogens is 4. The number of amides is 1. The van der Waals surface area contributed by atoms with Crippen molar-refractivity contribution >= 4 is 34.7 Å². The Morgan fingerprint density at radius 3 is 2.57 bits per heavy atom. The number of nitrogens with zero attached hydrogens (tertiary/aromatic N) is 2. The molecule has 0 saturated carbocycles. The molecule has 0 aliphatic rings. The number of H-pyrrole nitrogens is 2. The van der Waals surface area contributed by atoms with Crippen LogP contribution in [0, 0.1) is 0 Å². The molecule has 3 heterocycles. The van der Waals surface area contributed by atoms with Gasteiger partial charge in [0.15, 0.2) is 0 Å². The first-order chi connectivity index (χ1) is 16.8. The van der Waals surface area contributed by atoms with Crippen molar-refractivity contribution in [2.24, 2.45) is 0 Å². The highest BCUT2D eigenvalue weighted by Crippen LogP contribution is 2.24. The average Bonchev–Trinajstić information content (AvgIpc) is 3.42. The van der Waals surface area contributed by atoms with Gasteiger partial charge in [0, 0.05) is 17.8 Å². The molecule has 0 saturated heterocycles. The molecule has 0 aliphatic carbocycles. The van der Waals surface area contributed by atoms with Gasteiger partial charge >= 0.3 is 11.6 Å². The molecular weight excluding hydrogens is 454 g/mol. The number of carboxylic acids is 1. The van der Waals surface area contributed by atoms with E-state index in [4.69, 9.17) is 11.5 Å². The molecule has 0 fully saturated rings. The quantitative estimate of drug-likeness (QED) is 0.194. The number of carbonyl (C=O) groups excluding carboxylic acids is 1. The standard InChI is InChI=1S/C23H25N7O5/c24-19-18-14(11-26-20(18)29-23(25)28-19)3-1-2-12-4-6-13(7-5-12)21(32)27-16(22(33)34)9-8-15-10-17(31)35-30-15/h4-7,10-11,16,30H,1-3,8-9H2,(H,27,32)(H,33,34)(H5,24,25,26,28,29)/t16-/m0/s1. The lowest BCUT2D eigenvalue weighted by Crippen LogP contribution is -2.41. The summed E-state index contributed by atoms with van der Waals surface area (Å²) in [6.45, 7) is 0. The molecule has 12 nitrogen and oxygen atoms in total. The third-order valence-corrected chi connectivity index (χ3v) is 5.67. The zero-order valence-electron chi connectivity index (χ0n) is 18.7. The Labute approximate surface area is 198 Å². The Kier molecular flexibility index (Phi) is 6.81. The van der Waals surface area contributed by atoms with Crippen LogP contribution in [0.4, 0.5) is 11.8 Å². The molecule has 1 aromatic carbocycles. The predicted octanol–water partition coefficient (Wildman–Crippen LogP) is 1.39. The summed E-state index contributed by atoms with van der Waals surface area (Å²) in [4.78, 5) is 46.4. The minimum atomic E-state index is -1.16. The number of nitrogen functional groups attached to an aromatic ring is 2. The highest BCUT2D eigenvalue weighted by molar-refractivity contribution is 5.96. The first kappa shape index (κ1) is 23.5. The number of aryl methyl sites for hydroxylation is 3. The molecule has 0 aliphatic heterocycles. The van der Waals surface area contributed by atoms with E-state index in [9.17, 15) is 19.5 Å². The van der Waals surface area contributed by atoms with Crippen LogP contribution in [0.5, 0.6) is 0 Å². The van der Waals surface area contributed by atoms with Gasteiger partial charge in [0.25, 0.3) is 5.91 Å². The maximum Gasteiger partial charge on any atom is 0.357 e. The number of fused-ring (bicyclic) bond motifs is 1. The van der Waals surface area contributed by atoms with Gasteiger partial charge in [-0.1, -0.05) is 12.1 Å². The van der Waals surface area contributed by atoms with E-state index < -0.39 is 23.5 Å². The lowest BCUT2D eigenvalue weighted by atomic mass is 10.0. The normalized spacial score (nSPS) is 12.0. The minimum Gasteiger partial charge on any atom is -0.480 e. The number of aliphatic carboxylic acids is 1. The van der Waals surface area contributed by atoms with Crippen molar-refractivity contribution in [3.63, 3.8) is 0 Å². The number of nitrogens with one attached hydrogen (secondary N) is 3. The molecule has 182 valence electrons. The third kappa shape index (κ3) is 5.66. The van der Waals surface area contributed by atoms with Crippen LogP contribution in [0.1, 0.15) is 40.0 Å². The number of hydrogen-bond acceptors (Lipinski definition) is 8. The molecule has 4 rings (SSSR count). The molecule has 8 N–H and O–H groups in total. The van der Waals surface area contributed by atoms with Gasteiger partial charge in [-0.3, -0.25) is 4.79 Å². The van der Waals surface area contributed by atoms with Crippen LogP contribution in [0.3, 0.4) is 0 Å². The topological polar surface area (TPSA) is 206 Å². The smallest absolute Gasteiger partial charge is 0.357 e. The fourth-order valence-corrected chi connectivity index (χ4v) is 3.89. The van der Waals surface area contributed by atoms with Crippen molar-refractivity contribution in [3.8, 4) is 0 Å². The summed E-state index contributed by atoms with van der Waals surface area (Å²) >= 11 is 0. The highest BCUT2D eigenvalue weighted by Gasteiger charge is 2.21. The van der Waals surface area contributed by atoms with Crippen molar-refractivity contribution in [1.82, 2.24) is 25.4 Å². The third-order valence-electron chi connectivity index (χ3n) is 5.67. The fourth-order valence-electron chi connectivity index (χ4n) is 3.89. The lowest BCUT2D eigenvalue weighted by molar-refractivity contribution is -0.139. The second-order valence-corrected chi connectivity index (χ2v) is 8.15. The van der Waals surface area contributed by atoms with Crippen molar-refractivity contribution in [1.29, 1.82) is 0 Å². The van der Waals surface area contributed by atoms with Crippen molar-refractivity contribution in [3.05, 3.63) is 69.3 Å². The maximum atomic E-state index is 12.5. The number of carboxylic acid groups (broad SMARTS) is 1. The Hall–Kier alpha value is -4.61. The van der Waals surface area contributed by atoms with E-state index in [2.05, 4.69) is 29.9 Å². The number of aromatic amines is 2. The Balaban J connectivity index is 1.31. The number of rotatable bonds is 10. The second kappa shape index (κ2) is 10.1. The van der Waals surface area contributed by atoms with Gasteiger partial charge in [-0.05, 0) is 55.4 Å². The molecule has 0 unspecified atom stereocenters. The van der Waals surface area contributed by atoms with Gasteiger partial charge in [-0.15, -0.1) is 0 Å². The highest BCUT2D eigenvalue weighted by atomic mass is 16.5. The van der Waals surface area contributed by atoms with Crippen LogP contribution < -0.4 is 22.4 Å². The lowest BCUT2D eigenvalue weighted by Gasteiger charge is -2.14. The maximum absolute atomic E-state index is 12.5. The monoisotopic (exact) mass is 479 g/mol. The SMILES string of the molecule is Nc1nc(N)c2c(CCCc3ccc(C(=O)N[C@@H](CCc4cc(=O)o[nH]4)C(=O)O)cc3)c[nH]c2n1. The number of hydrogen-bond donors (Lipinski definition) is 6. The van der Waals surface area contributed by atoms with E-state index in [0.29, 0.717) is 22.7 Å². The Morgan fingerprint density at radius 1 is 1.11 bits per heavy atom. The summed E-state index contributed by atoms with van der Waals surface area (Å²) in [5.41, 5.74) is 14.6. The van der Waals surface area contributed by atoms with Crippen LogP contribution in [0.15, 0.2) is 45.8 Å². The summed E-state index contributed by atoms with van der Waals surface area (Å²) in [5, 5.41) is 15.1. The van der Waals surface area contributed by atoms with E-state index in [1.807, 2.05) is 18.3 Å². The second-order valence-electron chi connectivity index (χ2n) is 8.15. The van der Waals surface area contributed by atoms with Crippen LogP contribution in [0.25, 0.3) is 11.0 Å². The molecule has 0 radical (unpaired) electrons. The van der Waals surface area contributed by atoms with Crippen LogP contribution in [-0.2, 0) is 24.1 Å². The van der Waals surface area contributed by atoms with Crippen LogP contribution >= 0.6 is 0 Å². The fraction of sp³-hybridized carbons (Fsp3) is 0.261. The zero-order valence-corrected chi connectivity index (χ0v) is 18.7. The summed E-state index contributed by atoms with van der Waals surface area (Å²) in [5.74, 6) is -1.18. The van der Waals surface area contributed by atoms with Gasteiger partial charge in [-0.2, -0.15) is 9.97 Å². The van der Waals surface area contributed by atoms with Gasteiger partial charge in [0.1, 0.15) is 17.5 Å². The molecule has 0 bridgehead atoms. The van der Waals surface area contributed by atoms with Gasteiger partial charge in [0.05, 0.1) is 11.1 Å². The summed E-state index contributed by atoms with van der Waals surface area (Å²) < 4.78 is 4.56.